The molecule has 3 aromatic carbocycles. The van der Waals surface area contributed by atoms with Crippen molar-refractivity contribution in [1.29, 1.82) is 0 Å². The maximum absolute atomic E-state index is 14.5. The number of nitrogens with two attached hydrogens (primary N) is 2. The fourth-order valence-corrected chi connectivity index (χ4v) is 12.9. The number of H-pyrrole nitrogens is 2. The van der Waals surface area contributed by atoms with Crippen LogP contribution in [-0.2, 0) is 101 Å². The van der Waals surface area contributed by atoms with E-state index < -0.39 is 224 Å². The van der Waals surface area contributed by atoms with Crippen LogP contribution in [0.25, 0.3) is 21.8 Å². The van der Waals surface area contributed by atoms with Gasteiger partial charge in [-0.3, -0.25) is 76.7 Å². The number of primary amides is 1. The Bertz CT molecular complexity index is 4340. The molecule has 42 heteroatoms. The first-order chi connectivity index (χ1) is 55.4. The van der Waals surface area contributed by atoms with Crippen LogP contribution in [-0.4, -0.2) is 259 Å². The van der Waals surface area contributed by atoms with Gasteiger partial charge < -0.3 is 116 Å². The second-order valence-corrected chi connectivity index (χ2v) is 30.2. The zero-order valence-corrected chi connectivity index (χ0v) is 67.9. The zero-order valence-electron chi connectivity index (χ0n) is 65.4. The van der Waals surface area contributed by atoms with Crippen LogP contribution in [0.15, 0.2) is 85.2 Å². The van der Waals surface area contributed by atoms with Gasteiger partial charge >= 0.3 is 11.9 Å². The van der Waals surface area contributed by atoms with E-state index in [4.69, 9.17) is 11.5 Å². The van der Waals surface area contributed by atoms with Crippen LogP contribution in [0.4, 0.5) is 0 Å². The number of thioether (sulfide) groups is 2. The van der Waals surface area contributed by atoms with Crippen molar-refractivity contribution in [3.63, 3.8) is 0 Å². The van der Waals surface area contributed by atoms with E-state index in [1.165, 1.54) is 56.4 Å². The van der Waals surface area contributed by atoms with Gasteiger partial charge in [-0.05, 0) is 124 Å². The number of phenolic OH excluding ortho intramolecular Hbond substituents is 1. The number of phenols is 1. The maximum Gasteiger partial charge on any atom is 0.326 e. The van der Waals surface area contributed by atoms with Crippen LogP contribution in [0.1, 0.15) is 89.8 Å². The van der Waals surface area contributed by atoms with Crippen molar-refractivity contribution in [1.82, 2.24) is 84.4 Å². The zero-order chi connectivity index (χ0) is 86.8. The minimum absolute atomic E-state index is 0.0132. The summed E-state index contributed by atoms with van der Waals surface area (Å²) < 4.78 is 0. The summed E-state index contributed by atoms with van der Waals surface area (Å²) in [6.07, 6.45) is 4.18. The first-order valence-corrected chi connectivity index (χ1v) is 40.6. The summed E-state index contributed by atoms with van der Waals surface area (Å²) >= 11 is 6.61. The number of thiol groups is 1. The van der Waals surface area contributed by atoms with E-state index in [1.807, 2.05) is 13.8 Å². The third-order valence-corrected chi connectivity index (χ3v) is 19.7. The quantitative estimate of drug-likeness (QED) is 0.0166. The fraction of sp³-hybridized carbons (Fsp3) is 0.480. The van der Waals surface area contributed by atoms with E-state index in [9.17, 15) is 102 Å². The number of para-hydroxylation sites is 2. The molecule has 0 fully saturated rings. The molecule has 0 aliphatic carbocycles. The first kappa shape index (κ1) is 96.1. The molecule has 5 rings (SSSR count). The minimum Gasteiger partial charge on any atom is -0.508 e. The third-order valence-electron chi connectivity index (χ3n) is 18.1. The average Bonchev–Trinajstić information content (AvgIpc) is 1.69. The second-order valence-electron chi connectivity index (χ2n) is 27.9. The maximum atomic E-state index is 14.5. The standard InChI is InChI=1S/C75H104N18O21S3/c1-37(2)26-53(90-66(104)47(76)27-41-16-18-44(95)19-17-41)70(108)84-40(5)65(103)89-54(28-42-31-78-48-14-10-8-12-45(42)48)71(109)87-50(20-21-59(77)96)67(105)82-38(3)63(101)80-33-60(97)85-51(22-24-116-6)68(106)91-55(30-62(99)100)72(110)88-52(23-25-117-7)69(107)93-58(36-115)74(112)92-57(35-94)73(111)83-39(4)64(102)81-34-61(98)86-56(75(113)114)29-43-32-79-49-15-11-9-13-46(43)49/h8-19,31-32,37-40,47,50-58,78-79,94-95,115H,20-30,33-36,76H2,1-7H3,(H2,77,96)(H,80,101)(H,81,102)(H,82,105)(H,83,111)(H,84,108)(H,85,97)(H,86,98)(H,87,109)(H,88,110)(H,89,103)(H,90,104)(H,91,106)(H,92,112)(H,93,107)(H,99,100)(H,113,114)/t38-,39-,40-,47-,50-,51-,52-,53-,54-,55-,56-,57-,58-/m0/s1. The number of fused-ring (bicyclic) bond motifs is 2. The lowest BCUT2D eigenvalue weighted by Crippen LogP contribution is -2.60. The third kappa shape index (κ3) is 31.9. The van der Waals surface area contributed by atoms with E-state index in [1.54, 1.807) is 85.6 Å². The van der Waals surface area contributed by atoms with Crippen LogP contribution >= 0.6 is 36.2 Å². The van der Waals surface area contributed by atoms with Gasteiger partial charge in [0.1, 0.15) is 78.3 Å². The molecule has 0 spiro atoms. The topological polar surface area (TPSA) is 623 Å². The molecule has 638 valence electrons. The Morgan fingerprint density at radius 1 is 0.444 bits per heavy atom. The highest BCUT2D eigenvalue weighted by molar-refractivity contribution is 7.98. The molecule has 24 N–H and O–H groups in total. The van der Waals surface area contributed by atoms with Crippen molar-refractivity contribution >= 4 is 159 Å². The van der Waals surface area contributed by atoms with Gasteiger partial charge in [0, 0.05) is 59.2 Å². The number of aliphatic hydroxyl groups excluding tert-OH is 1. The Morgan fingerprint density at radius 2 is 0.838 bits per heavy atom. The van der Waals surface area contributed by atoms with Crippen molar-refractivity contribution < 1.29 is 102 Å². The van der Waals surface area contributed by atoms with Crippen molar-refractivity contribution in [2.24, 2.45) is 17.4 Å². The Morgan fingerprint density at radius 3 is 1.32 bits per heavy atom. The van der Waals surface area contributed by atoms with Gasteiger partial charge in [-0.25, -0.2) is 4.79 Å². The molecule has 2 aromatic heterocycles. The smallest absolute Gasteiger partial charge is 0.326 e. The molecule has 2 heterocycles. The van der Waals surface area contributed by atoms with Gasteiger partial charge in [0.2, 0.25) is 88.6 Å². The number of aromatic nitrogens is 2. The fourth-order valence-electron chi connectivity index (χ4n) is 11.7. The summed E-state index contributed by atoms with van der Waals surface area (Å²) in [4.78, 5) is 234. The van der Waals surface area contributed by atoms with Gasteiger partial charge in [0.15, 0.2) is 0 Å². The van der Waals surface area contributed by atoms with Crippen LogP contribution in [0.5, 0.6) is 5.75 Å². The number of carboxylic acid groups (broad SMARTS) is 2. The van der Waals surface area contributed by atoms with Gasteiger partial charge in [-0.15, -0.1) is 0 Å². The number of amides is 15. The molecule has 0 saturated heterocycles. The van der Waals surface area contributed by atoms with Crippen molar-refractivity contribution in [3.8, 4) is 5.75 Å². The molecular weight excluding hydrogens is 1590 g/mol. The number of carbonyl (C=O) groups is 17. The number of hydrogen-bond acceptors (Lipinski definition) is 23. The highest BCUT2D eigenvalue weighted by Crippen LogP contribution is 2.22. The summed E-state index contributed by atoms with van der Waals surface area (Å²) in [5, 5.41) is 74.7. The number of nitrogens with one attached hydrogen (secondary N) is 16. The van der Waals surface area contributed by atoms with Crippen molar-refractivity contribution in [2.75, 3.05) is 49.5 Å². The molecule has 15 amide bonds. The molecular formula is C75H104N18O21S3. The summed E-state index contributed by atoms with van der Waals surface area (Å²) in [5.74, 6) is -17.6. The van der Waals surface area contributed by atoms with Crippen LogP contribution < -0.4 is 85.9 Å². The summed E-state index contributed by atoms with van der Waals surface area (Å²) in [7, 11) is 0. The lowest BCUT2D eigenvalue weighted by Gasteiger charge is -2.26. The number of aliphatic carboxylic acids is 2. The lowest BCUT2D eigenvalue weighted by atomic mass is 10.0. The number of benzene rings is 3. The average molecular weight is 1690 g/mol. The van der Waals surface area contributed by atoms with Gasteiger partial charge in [0.25, 0.3) is 0 Å². The molecule has 0 bridgehead atoms. The Balaban J connectivity index is 1.18. The number of carboxylic acids is 2. The summed E-state index contributed by atoms with van der Waals surface area (Å²) in [6, 6.07) is 0.903. The van der Waals surface area contributed by atoms with Gasteiger partial charge in [-0.1, -0.05) is 62.4 Å². The molecule has 0 aliphatic rings. The molecule has 13 atom stereocenters. The number of rotatable bonds is 50. The molecule has 117 heavy (non-hydrogen) atoms. The Kier molecular flexibility index (Phi) is 39.5. The summed E-state index contributed by atoms with van der Waals surface area (Å²) in [6.45, 7) is 4.78. The molecule has 0 radical (unpaired) electrons. The lowest BCUT2D eigenvalue weighted by molar-refractivity contribution is -0.142. The predicted molar refractivity (Wildman–Crippen MR) is 435 cm³/mol. The highest BCUT2D eigenvalue weighted by Gasteiger charge is 2.37. The summed E-state index contributed by atoms with van der Waals surface area (Å²) in [5.41, 5.74) is 14.9. The SMILES string of the molecule is CSCC[C@H](NC(=O)CNC(=O)[C@H](C)NC(=O)[C@H](CCC(N)=O)NC(=O)[C@H](Cc1c[nH]c2ccccc12)NC(=O)[C@H](C)NC(=O)[C@H](CC(C)C)NC(=O)[C@@H](N)Cc1ccc(O)cc1)C(=O)N[C@@H](CC(=O)O)C(=O)N[C@@H](CCSC)C(=O)N[C@@H](CS)C(=O)N[C@@H](CO)C(=O)N[C@@H](C)C(=O)NCC(=O)N[C@@H](Cc1c[nH]c2ccccc12)C(=O)O. The molecule has 0 aliphatic heterocycles. The second kappa shape index (κ2) is 48.1. The molecule has 5 aromatic rings. The Hall–Kier alpha value is -11.5. The molecule has 39 nitrogen and oxygen atoms in total. The van der Waals surface area contributed by atoms with E-state index >= 15 is 0 Å². The van der Waals surface area contributed by atoms with Crippen molar-refractivity contribution in [3.05, 3.63) is 102 Å². The first-order valence-electron chi connectivity index (χ1n) is 37.2. The van der Waals surface area contributed by atoms with E-state index in [-0.39, 0.29) is 61.7 Å². The predicted octanol–water partition coefficient (Wildman–Crippen LogP) is -3.88. The van der Waals surface area contributed by atoms with Crippen molar-refractivity contribution in [2.45, 2.75) is 171 Å². The van der Waals surface area contributed by atoms with Gasteiger partial charge in [-0.2, -0.15) is 36.2 Å². The monoisotopic (exact) mass is 1690 g/mol. The number of carbonyl (C=O) groups excluding carboxylic acids is 15. The van der Waals surface area contributed by atoms with Gasteiger partial charge in [0.05, 0.1) is 32.2 Å². The van der Waals surface area contributed by atoms with E-state index in [2.05, 4.69) is 97.0 Å². The van der Waals surface area contributed by atoms with E-state index in [0.717, 1.165) is 10.9 Å². The Labute approximate surface area is 686 Å². The normalized spacial score (nSPS) is 14.5. The van der Waals surface area contributed by atoms with Crippen LogP contribution in [0.2, 0.25) is 0 Å². The molecule has 0 saturated carbocycles. The van der Waals surface area contributed by atoms with Crippen LogP contribution in [0.3, 0.4) is 0 Å². The minimum atomic E-state index is -1.92. The number of aliphatic hydroxyl groups is 1. The highest BCUT2D eigenvalue weighted by atomic mass is 32.2. The molecule has 0 unspecified atom stereocenters. The van der Waals surface area contributed by atoms with E-state index in [0.29, 0.717) is 27.6 Å². The number of hydrogen-bond donors (Lipinski definition) is 23. The number of aromatic amines is 2. The van der Waals surface area contributed by atoms with Crippen LogP contribution in [0, 0.1) is 5.92 Å². The largest absolute Gasteiger partial charge is 0.508 e. The number of aromatic hydroxyl groups is 1.